The minimum atomic E-state index is 0.683. The zero-order chi connectivity index (χ0) is 6.97. The van der Waals surface area contributed by atoms with E-state index in [1.54, 1.807) is 0 Å². The van der Waals surface area contributed by atoms with Crippen LogP contribution < -0.4 is 11.2 Å². The predicted molar refractivity (Wildman–Crippen MR) is 42.4 cm³/mol. The van der Waals surface area contributed by atoms with Crippen molar-refractivity contribution in [2.24, 2.45) is 0 Å². The zero-order valence-electron chi connectivity index (χ0n) is 5.63. The smallest absolute Gasteiger partial charge is 0.309 e. The normalized spacial score (nSPS) is 14.4. The van der Waals surface area contributed by atoms with Crippen LogP contribution in [-0.4, -0.2) is 7.48 Å². The summed E-state index contributed by atoms with van der Waals surface area (Å²) in [5, 5.41) is 0. The van der Waals surface area contributed by atoms with E-state index in [0.29, 0.717) is 6.61 Å². The van der Waals surface area contributed by atoms with Gasteiger partial charge >= 0.3 is 7.48 Å². The van der Waals surface area contributed by atoms with Crippen molar-refractivity contribution in [2.45, 2.75) is 6.61 Å². The lowest BCUT2D eigenvalue weighted by atomic mass is 9.87. The van der Waals surface area contributed by atoms with Crippen LogP contribution in [0, 0.1) is 0 Å². The summed E-state index contributed by atoms with van der Waals surface area (Å²) in [5.41, 5.74) is 8.95. The first-order valence-corrected chi connectivity index (χ1v) is 3.32. The Hall–Kier alpha value is -0.955. The molecule has 3 heteroatoms. The fourth-order valence-electron chi connectivity index (χ4n) is 1.23. The van der Waals surface area contributed by atoms with E-state index in [4.69, 9.17) is 10.4 Å². The Morgan fingerprint density at radius 2 is 2.40 bits per heavy atom. The number of nitrogens with two attached hydrogens (primary N) is 1. The Bertz CT molecular complexity index is 262. The molecule has 0 aromatic heterocycles. The molecule has 2 rings (SSSR count). The Kier molecular flexibility index (Phi) is 1.17. The number of anilines is 1. The van der Waals surface area contributed by atoms with Gasteiger partial charge in [-0.25, -0.2) is 0 Å². The molecule has 2 nitrogen and oxygen atoms in total. The van der Waals surface area contributed by atoms with Crippen LogP contribution in [0.5, 0.6) is 0 Å². The molecule has 50 valence electrons. The van der Waals surface area contributed by atoms with Gasteiger partial charge in [0, 0.05) is 5.69 Å². The van der Waals surface area contributed by atoms with Crippen molar-refractivity contribution < 1.29 is 4.65 Å². The first-order valence-electron chi connectivity index (χ1n) is 3.32. The molecule has 1 aliphatic heterocycles. The number of hydrogen-bond acceptors (Lipinski definition) is 2. The molecule has 0 saturated heterocycles. The van der Waals surface area contributed by atoms with Crippen molar-refractivity contribution >= 4 is 18.6 Å². The van der Waals surface area contributed by atoms with Crippen LogP contribution in [0.4, 0.5) is 5.69 Å². The van der Waals surface area contributed by atoms with E-state index in [1.165, 1.54) is 11.0 Å². The Labute approximate surface area is 60.3 Å². The highest BCUT2D eigenvalue weighted by Gasteiger charge is 2.13. The molecule has 0 unspecified atom stereocenters. The van der Waals surface area contributed by atoms with Gasteiger partial charge < -0.3 is 10.4 Å². The van der Waals surface area contributed by atoms with E-state index >= 15 is 0 Å². The fraction of sp³-hybridized carbons (Fsp3) is 0.143. The van der Waals surface area contributed by atoms with Gasteiger partial charge in [0.1, 0.15) is 0 Å². The molecule has 0 bridgehead atoms. The summed E-state index contributed by atoms with van der Waals surface area (Å²) in [6.45, 7) is 0.683. The summed E-state index contributed by atoms with van der Waals surface area (Å²) < 4.78 is 5.22. The fourth-order valence-corrected chi connectivity index (χ4v) is 1.23. The number of fused-ring (bicyclic) bond motifs is 1. The highest BCUT2D eigenvalue weighted by molar-refractivity contribution is 6.49. The molecule has 0 aliphatic carbocycles. The first kappa shape index (κ1) is 5.80. The van der Waals surface area contributed by atoms with Gasteiger partial charge in [-0.3, -0.25) is 0 Å². The van der Waals surface area contributed by atoms with Gasteiger partial charge in [-0.15, -0.1) is 0 Å². The zero-order valence-corrected chi connectivity index (χ0v) is 5.63. The average molecular weight is 133 g/mol. The monoisotopic (exact) mass is 133 g/mol. The second kappa shape index (κ2) is 2.02. The average Bonchev–Trinajstić information content (AvgIpc) is 2.36. The van der Waals surface area contributed by atoms with E-state index in [-0.39, 0.29) is 0 Å². The van der Waals surface area contributed by atoms with Gasteiger partial charge in [-0.1, -0.05) is 12.1 Å². The maximum Gasteiger partial charge on any atom is 0.309 e. The summed E-state index contributed by atoms with van der Waals surface area (Å²) in [6.07, 6.45) is 0. The number of benzene rings is 1. The molecule has 1 aromatic carbocycles. The van der Waals surface area contributed by atoms with Crippen molar-refractivity contribution in [3.63, 3.8) is 0 Å². The topological polar surface area (TPSA) is 35.2 Å². The standard InChI is InChI=1S/C7H8BNO/c9-7-3-1-2-6-5(7)4-10-8-6/h1-3,8H,4,9H2. The maximum atomic E-state index is 5.69. The molecule has 0 fully saturated rings. The third-order valence-electron chi connectivity index (χ3n) is 1.81. The highest BCUT2D eigenvalue weighted by Crippen LogP contribution is 2.12. The third-order valence-corrected chi connectivity index (χ3v) is 1.81. The second-order valence-corrected chi connectivity index (χ2v) is 2.48. The molecule has 10 heavy (non-hydrogen) atoms. The molecular formula is C7H8BNO. The predicted octanol–water partition coefficient (Wildman–Crippen LogP) is -0.224. The van der Waals surface area contributed by atoms with Crippen LogP contribution in [0.25, 0.3) is 0 Å². The number of rotatable bonds is 0. The Balaban J connectivity index is 2.59. The quantitative estimate of drug-likeness (QED) is 0.392. The summed E-state index contributed by atoms with van der Waals surface area (Å²) in [4.78, 5) is 0. The van der Waals surface area contributed by atoms with Crippen molar-refractivity contribution in [1.29, 1.82) is 0 Å². The molecule has 0 saturated carbocycles. The molecule has 1 aromatic rings. The van der Waals surface area contributed by atoms with Gasteiger partial charge in [-0.2, -0.15) is 0 Å². The largest absolute Gasteiger partial charge is 0.430 e. The molecule has 0 radical (unpaired) electrons. The highest BCUT2D eigenvalue weighted by atomic mass is 16.4. The van der Waals surface area contributed by atoms with Gasteiger partial charge in [0.15, 0.2) is 0 Å². The van der Waals surface area contributed by atoms with E-state index in [2.05, 4.69) is 6.07 Å². The van der Waals surface area contributed by atoms with E-state index in [9.17, 15) is 0 Å². The summed E-state index contributed by atoms with van der Waals surface area (Å²) >= 11 is 0. The van der Waals surface area contributed by atoms with Crippen LogP contribution in [0.15, 0.2) is 18.2 Å². The minimum Gasteiger partial charge on any atom is -0.430 e. The van der Waals surface area contributed by atoms with Crippen LogP contribution in [-0.2, 0) is 11.3 Å². The van der Waals surface area contributed by atoms with Gasteiger partial charge in [0.05, 0.1) is 6.61 Å². The Morgan fingerprint density at radius 1 is 1.50 bits per heavy atom. The van der Waals surface area contributed by atoms with E-state index < -0.39 is 0 Å². The molecule has 1 aliphatic rings. The number of hydrogen-bond donors (Lipinski definition) is 1. The Morgan fingerprint density at radius 3 is 3.20 bits per heavy atom. The first-order chi connectivity index (χ1) is 4.88. The maximum absolute atomic E-state index is 5.69. The van der Waals surface area contributed by atoms with Crippen LogP contribution in [0.3, 0.4) is 0 Å². The summed E-state index contributed by atoms with van der Waals surface area (Å²) in [7, 11) is 0.723. The van der Waals surface area contributed by atoms with E-state index in [0.717, 1.165) is 13.2 Å². The van der Waals surface area contributed by atoms with Crippen molar-refractivity contribution in [1.82, 2.24) is 0 Å². The SMILES string of the molecule is Nc1cccc2c1COB2. The van der Waals surface area contributed by atoms with Gasteiger partial charge in [0.25, 0.3) is 0 Å². The van der Waals surface area contributed by atoms with Crippen LogP contribution in [0.1, 0.15) is 5.56 Å². The molecule has 0 amide bonds. The van der Waals surface area contributed by atoms with Gasteiger partial charge in [0.2, 0.25) is 0 Å². The van der Waals surface area contributed by atoms with Crippen LogP contribution >= 0.6 is 0 Å². The molecular weight excluding hydrogens is 125 g/mol. The summed E-state index contributed by atoms with van der Waals surface area (Å²) in [5.74, 6) is 0. The lowest BCUT2D eigenvalue weighted by molar-refractivity contribution is 0.346. The van der Waals surface area contributed by atoms with Crippen molar-refractivity contribution in [3.05, 3.63) is 23.8 Å². The molecule has 0 spiro atoms. The number of nitrogen functional groups attached to an aromatic ring is 1. The summed E-state index contributed by atoms with van der Waals surface area (Å²) in [6, 6.07) is 5.93. The van der Waals surface area contributed by atoms with Crippen molar-refractivity contribution in [2.75, 3.05) is 5.73 Å². The second-order valence-electron chi connectivity index (χ2n) is 2.48. The molecule has 1 heterocycles. The van der Waals surface area contributed by atoms with Crippen molar-refractivity contribution in [3.8, 4) is 0 Å². The third kappa shape index (κ3) is 0.710. The lowest BCUT2D eigenvalue weighted by Gasteiger charge is -1.99. The molecule has 2 N–H and O–H groups in total. The van der Waals surface area contributed by atoms with Gasteiger partial charge in [-0.05, 0) is 17.1 Å². The minimum absolute atomic E-state index is 0.683. The lowest BCUT2D eigenvalue weighted by Crippen LogP contribution is -2.11. The molecule has 0 atom stereocenters. The van der Waals surface area contributed by atoms with Crippen LogP contribution in [0.2, 0.25) is 0 Å². The van der Waals surface area contributed by atoms with E-state index in [1.807, 2.05) is 12.1 Å².